The number of unbranched alkanes of at least 4 members (excludes halogenated alkanes) is 2. The van der Waals surface area contributed by atoms with Gasteiger partial charge in [-0.2, -0.15) is 0 Å². The summed E-state index contributed by atoms with van der Waals surface area (Å²) in [5.41, 5.74) is 0. The minimum absolute atomic E-state index is 0.381. The Morgan fingerprint density at radius 1 is 1.00 bits per heavy atom. The molecule has 0 heterocycles. The van der Waals surface area contributed by atoms with Gasteiger partial charge in [-0.15, -0.1) is 0 Å². The molecule has 0 radical (unpaired) electrons. The Morgan fingerprint density at radius 3 is 2.47 bits per heavy atom. The molecule has 0 N–H and O–H groups in total. The number of methoxy groups -OCH3 is 1. The summed E-state index contributed by atoms with van der Waals surface area (Å²) in [5.74, 6) is 0.381. The third-order valence-corrected chi connectivity index (χ3v) is 2.50. The maximum absolute atomic E-state index is 11.5. The van der Waals surface area contributed by atoms with Crippen molar-refractivity contribution in [3.63, 3.8) is 0 Å². The average Bonchev–Trinajstić information content (AvgIpc) is 2.33. The summed E-state index contributed by atoms with van der Waals surface area (Å²) in [7, 11) is 1.67. The lowest BCUT2D eigenvalue weighted by Crippen LogP contribution is -1.96. The van der Waals surface area contributed by atoms with Crippen LogP contribution in [0.1, 0.15) is 51.9 Å². The topological polar surface area (TPSA) is 26.3 Å². The quantitative estimate of drug-likeness (QED) is 0.401. The number of hydrogen-bond donors (Lipinski definition) is 0. The molecule has 0 saturated carbocycles. The smallest absolute Gasteiger partial charge is 0.133 e. The van der Waals surface area contributed by atoms with Gasteiger partial charge in [0.05, 0.1) is 6.61 Å². The van der Waals surface area contributed by atoms with Crippen LogP contribution in [-0.2, 0) is 9.53 Å². The molecule has 0 atom stereocenters. The van der Waals surface area contributed by atoms with Crippen LogP contribution in [-0.4, -0.2) is 19.5 Å². The third-order valence-electron chi connectivity index (χ3n) is 2.50. The second-order valence-corrected chi connectivity index (χ2v) is 4.13. The lowest BCUT2D eigenvalue weighted by molar-refractivity contribution is -0.119. The molecule has 0 unspecified atom stereocenters. The lowest BCUT2D eigenvalue weighted by atomic mass is 10.1. The molecule has 17 heavy (non-hydrogen) atoms. The van der Waals surface area contributed by atoms with Gasteiger partial charge in [-0.3, -0.25) is 4.79 Å². The second-order valence-electron chi connectivity index (χ2n) is 4.13. The molecule has 0 saturated heterocycles. The van der Waals surface area contributed by atoms with Crippen LogP contribution in [0, 0.1) is 0 Å². The predicted molar refractivity (Wildman–Crippen MR) is 73.2 cm³/mol. The molecule has 0 fully saturated rings. The van der Waals surface area contributed by atoms with Gasteiger partial charge in [-0.05, 0) is 32.1 Å². The van der Waals surface area contributed by atoms with E-state index >= 15 is 0 Å². The Kier molecular flexibility index (Phi) is 12.5. The molecule has 2 nitrogen and oxygen atoms in total. The van der Waals surface area contributed by atoms with Crippen molar-refractivity contribution in [2.24, 2.45) is 0 Å². The highest BCUT2D eigenvalue weighted by atomic mass is 16.5. The lowest BCUT2D eigenvalue weighted by Gasteiger charge is -1.98. The van der Waals surface area contributed by atoms with Gasteiger partial charge in [0.25, 0.3) is 0 Å². The highest BCUT2D eigenvalue weighted by molar-refractivity contribution is 5.78. The number of rotatable bonds is 11. The van der Waals surface area contributed by atoms with Crippen LogP contribution in [0.25, 0.3) is 0 Å². The Bertz CT molecular complexity index is 229. The summed E-state index contributed by atoms with van der Waals surface area (Å²) in [5, 5.41) is 0. The Morgan fingerprint density at radius 2 is 1.76 bits per heavy atom. The number of Topliss-reactive ketones (excluding diaryl/α,β-unsaturated/α-hetero) is 1. The zero-order valence-corrected chi connectivity index (χ0v) is 11.3. The van der Waals surface area contributed by atoms with E-state index < -0.39 is 0 Å². The molecule has 0 spiro atoms. The van der Waals surface area contributed by atoms with Crippen molar-refractivity contribution < 1.29 is 9.53 Å². The van der Waals surface area contributed by atoms with Gasteiger partial charge in [0.2, 0.25) is 0 Å². The SMILES string of the molecule is CC/C=C/CCCCC(=O)CC/C=C/COC. The van der Waals surface area contributed by atoms with Crippen LogP contribution in [0.2, 0.25) is 0 Å². The Labute approximate surface area is 106 Å². The highest BCUT2D eigenvalue weighted by Gasteiger charge is 1.99. The first-order valence-corrected chi connectivity index (χ1v) is 6.61. The van der Waals surface area contributed by atoms with E-state index in [4.69, 9.17) is 4.74 Å². The van der Waals surface area contributed by atoms with Gasteiger partial charge < -0.3 is 4.74 Å². The second kappa shape index (κ2) is 13.2. The van der Waals surface area contributed by atoms with Crippen LogP contribution in [0.15, 0.2) is 24.3 Å². The number of ether oxygens (including phenoxy) is 1. The molecule has 2 heteroatoms. The van der Waals surface area contributed by atoms with Gasteiger partial charge in [0, 0.05) is 20.0 Å². The van der Waals surface area contributed by atoms with Crippen molar-refractivity contribution in [3.8, 4) is 0 Å². The Balaban J connectivity index is 3.31. The minimum atomic E-state index is 0.381. The third kappa shape index (κ3) is 13.0. The molecule has 0 bridgehead atoms. The molecule has 98 valence electrons. The normalized spacial score (nSPS) is 11.6. The zero-order chi connectivity index (χ0) is 12.8. The van der Waals surface area contributed by atoms with Crippen LogP contribution in [0.5, 0.6) is 0 Å². The largest absolute Gasteiger partial charge is 0.381 e. The predicted octanol–water partition coefficient (Wildman–Crippen LogP) is 4.06. The zero-order valence-electron chi connectivity index (χ0n) is 11.3. The first-order valence-electron chi connectivity index (χ1n) is 6.61. The first kappa shape index (κ1) is 16.1. The summed E-state index contributed by atoms with van der Waals surface area (Å²) >= 11 is 0. The van der Waals surface area contributed by atoms with Gasteiger partial charge in [0.15, 0.2) is 0 Å². The van der Waals surface area contributed by atoms with Crippen molar-refractivity contribution >= 4 is 5.78 Å². The van der Waals surface area contributed by atoms with Gasteiger partial charge in [0.1, 0.15) is 5.78 Å². The standard InChI is InChI=1S/C15H26O2/c1-3-4-5-6-7-9-12-15(16)13-10-8-11-14-17-2/h4-5,8,11H,3,6-7,9-10,12-14H2,1-2H3/b5-4+,11-8+. The van der Waals surface area contributed by atoms with E-state index in [2.05, 4.69) is 19.1 Å². The summed E-state index contributed by atoms with van der Waals surface area (Å²) < 4.78 is 4.88. The van der Waals surface area contributed by atoms with E-state index in [1.807, 2.05) is 12.2 Å². The van der Waals surface area contributed by atoms with Crippen LogP contribution in [0.4, 0.5) is 0 Å². The molecule has 0 rings (SSSR count). The highest BCUT2D eigenvalue weighted by Crippen LogP contribution is 2.05. The van der Waals surface area contributed by atoms with E-state index in [1.165, 1.54) is 0 Å². The van der Waals surface area contributed by atoms with Crippen molar-refractivity contribution in [2.75, 3.05) is 13.7 Å². The number of ketones is 1. The van der Waals surface area contributed by atoms with Gasteiger partial charge in [-0.1, -0.05) is 31.2 Å². The summed E-state index contributed by atoms with van der Waals surface area (Å²) in [6, 6.07) is 0. The minimum Gasteiger partial charge on any atom is -0.381 e. The van der Waals surface area contributed by atoms with Crippen molar-refractivity contribution in [3.05, 3.63) is 24.3 Å². The van der Waals surface area contributed by atoms with Crippen molar-refractivity contribution in [2.45, 2.75) is 51.9 Å². The molecule has 0 aliphatic carbocycles. The number of carbonyl (C=O) groups is 1. The van der Waals surface area contributed by atoms with Crippen LogP contribution < -0.4 is 0 Å². The fourth-order valence-corrected chi connectivity index (χ4v) is 1.52. The number of allylic oxidation sites excluding steroid dienone is 3. The van der Waals surface area contributed by atoms with Crippen LogP contribution in [0.3, 0.4) is 0 Å². The summed E-state index contributed by atoms with van der Waals surface area (Å²) in [4.78, 5) is 11.5. The average molecular weight is 238 g/mol. The summed E-state index contributed by atoms with van der Waals surface area (Å²) in [6.07, 6.45) is 15.0. The molecule has 0 aromatic rings. The molecule has 0 aromatic heterocycles. The molecule has 0 aromatic carbocycles. The fraction of sp³-hybridized carbons (Fsp3) is 0.667. The van der Waals surface area contributed by atoms with E-state index in [-0.39, 0.29) is 0 Å². The molecular weight excluding hydrogens is 212 g/mol. The molecular formula is C15H26O2. The van der Waals surface area contributed by atoms with Gasteiger partial charge >= 0.3 is 0 Å². The molecule has 0 aliphatic rings. The first-order chi connectivity index (χ1) is 8.31. The van der Waals surface area contributed by atoms with E-state index in [0.29, 0.717) is 18.8 Å². The number of carbonyl (C=O) groups excluding carboxylic acids is 1. The monoisotopic (exact) mass is 238 g/mol. The van der Waals surface area contributed by atoms with Crippen LogP contribution >= 0.6 is 0 Å². The van der Waals surface area contributed by atoms with E-state index in [1.54, 1.807) is 7.11 Å². The number of hydrogen-bond acceptors (Lipinski definition) is 2. The van der Waals surface area contributed by atoms with E-state index in [0.717, 1.165) is 38.5 Å². The van der Waals surface area contributed by atoms with E-state index in [9.17, 15) is 4.79 Å². The Hall–Kier alpha value is -0.890. The van der Waals surface area contributed by atoms with Gasteiger partial charge in [-0.25, -0.2) is 0 Å². The maximum atomic E-state index is 11.5. The van der Waals surface area contributed by atoms with Crippen molar-refractivity contribution in [1.82, 2.24) is 0 Å². The fourth-order valence-electron chi connectivity index (χ4n) is 1.52. The molecule has 0 amide bonds. The van der Waals surface area contributed by atoms with Crippen molar-refractivity contribution in [1.29, 1.82) is 0 Å². The molecule has 0 aliphatic heterocycles. The summed E-state index contributed by atoms with van der Waals surface area (Å²) in [6.45, 7) is 2.77. The maximum Gasteiger partial charge on any atom is 0.133 e.